The summed E-state index contributed by atoms with van der Waals surface area (Å²) in [7, 11) is 1.86. The Kier molecular flexibility index (Phi) is 17.2. The molecule has 0 bridgehead atoms. The van der Waals surface area contributed by atoms with Crippen molar-refractivity contribution >= 4 is 11.8 Å². The standard InChI is InChI=1S/C9H19NO.C5H11NO.C2H6/c1-7(2)6-9(11)10(5)8(3)4;1-4(2)6-5(3)7;1-2/h7-8H,6H2,1-5H3;4H,1-3H3,(H,6,7);1-2H3. The Morgan fingerprint density at radius 2 is 1.40 bits per heavy atom. The van der Waals surface area contributed by atoms with Crippen molar-refractivity contribution in [2.75, 3.05) is 7.05 Å². The van der Waals surface area contributed by atoms with Gasteiger partial charge in [-0.1, -0.05) is 27.7 Å². The molecule has 0 aromatic heterocycles. The summed E-state index contributed by atoms with van der Waals surface area (Å²) in [6.45, 7) is 17.6. The smallest absolute Gasteiger partial charge is 0.222 e. The summed E-state index contributed by atoms with van der Waals surface area (Å²) in [5.74, 6) is 0.744. The molecule has 0 aromatic carbocycles. The molecule has 0 heterocycles. The number of carbonyl (C=O) groups is 2. The summed E-state index contributed by atoms with van der Waals surface area (Å²) in [4.78, 5) is 23.3. The molecule has 4 heteroatoms. The SMILES string of the molecule is CC.CC(=O)NC(C)C.CC(C)CC(=O)N(C)C(C)C. The Morgan fingerprint density at radius 1 is 1.00 bits per heavy atom. The first-order valence-electron chi connectivity index (χ1n) is 7.60. The molecular formula is C16H36N2O2. The highest BCUT2D eigenvalue weighted by Crippen LogP contribution is 2.04. The van der Waals surface area contributed by atoms with Gasteiger partial charge in [-0.25, -0.2) is 0 Å². The van der Waals surface area contributed by atoms with Crippen LogP contribution in [0.15, 0.2) is 0 Å². The average molecular weight is 288 g/mol. The third-order valence-electron chi connectivity index (χ3n) is 2.24. The zero-order valence-electron chi connectivity index (χ0n) is 15.2. The molecule has 122 valence electrons. The van der Waals surface area contributed by atoms with Crippen LogP contribution in [0.25, 0.3) is 0 Å². The maximum absolute atomic E-state index is 11.3. The van der Waals surface area contributed by atoms with E-state index in [1.165, 1.54) is 6.92 Å². The van der Waals surface area contributed by atoms with Gasteiger partial charge in [-0.05, 0) is 33.6 Å². The summed E-state index contributed by atoms with van der Waals surface area (Å²) in [6, 6.07) is 0.596. The highest BCUT2D eigenvalue weighted by molar-refractivity contribution is 5.76. The second-order valence-electron chi connectivity index (χ2n) is 5.55. The lowest BCUT2D eigenvalue weighted by molar-refractivity contribution is -0.132. The molecule has 4 nitrogen and oxygen atoms in total. The highest BCUT2D eigenvalue weighted by atomic mass is 16.2. The third kappa shape index (κ3) is 19.3. The van der Waals surface area contributed by atoms with Gasteiger partial charge < -0.3 is 10.2 Å². The predicted octanol–water partition coefficient (Wildman–Crippen LogP) is 3.46. The van der Waals surface area contributed by atoms with Gasteiger partial charge in [0.2, 0.25) is 11.8 Å². The molecule has 0 spiro atoms. The van der Waals surface area contributed by atoms with E-state index in [0.717, 1.165) is 0 Å². The van der Waals surface area contributed by atoms with Crippen molar-refractivity contribution in [3.63, 3.8) is 0 Å². The molecule has 1 N–H and O–H groups in total. The van der Waals surface area contributed by atoms with Crippen LogP contribution in [0.5, 0.6) is 0 Å². The Bertz CT molecular complexity index is 249. The molecule has 0 radical (unpaired) electrons. The average Bonchev–Trinajstić information content (AvgIpc) is 2.28. The fourth-order valence-corrected chi connectivity index (χ4v) is 1.19. The minimum atomic E-state index is 0.0370. The van der Waals surface area contributed by atoms with Crippen LogP contribution in [0.2, 0.25) is 0 Å². The molecule has 0 atom stereocenters. The number of hydrogen-bond acceptors (Lipinski definition) is 2. The normalized spacial score (nSPS) is 9.45. The summed E-state index contributed by atoms with van der Waals surface area (Å²) in [6.07, 6.45) is 0.661. The van der Waals surface area contributed by atoms with Crippen LogP contribution in [0.1, 0.15) is 68.7 Å². The van der Waals surface area contributed by atoms with Crippen LogP contribution >= 0.6 is 0 Å². The lowest BCUT2D eigenvalue weighted by Gasteiger charge is -2.22. The zero-order valence-corrected chi connectivity index (χ0v) is 15.2. The first-order chi connectivity index (χ1) is 9.07. The lowest BCUT2D eigenvalue weighted by atomic mass is 10.1. The molecule has 0 aliphatic rings. The molecule has 2 amide bonds. The van der Waals surface area contributed by atoms with Crippen molar-refractivity contribution in [1.29, 1.82) is 0 Å². The van der Waals surface area contributed by atoms with Crippen LogP contribution in [0.3, 0.4) is 0 Å². The summed E-state index contributed by atoms with van der Waals surface area (Å²) < 4.78 is 0. The lowest BCUT2D eigenvalue weighted by Crippen LogP contribution is -2.33. The van der Waals surface area contributed by atoms with E-state index in [-0.39, 0.29) is 17.9 Å². The highest BCUT2D eigenvalue weighted by Gasteiger charge is 2.12. The van der Waals surface area contributed by atoms with Crippen molar-refractivity contribution in [3.8, 4) is 0 Å². The van der Waals surface area contributed by atoms with Gasteiger partial charge in [0.15, 0.2) is 0 Å². The van der Waals surface area contributed by atoms with Crippen LogP contribution < -0.4 is 5.32 Å². The van der Waals surface area contributed by atoms with E-state index in [9.17, 15) is 9.59 Å². The Hall–Kier alpha value is -1.06. The Labute approximate surface area is 126 Å². The molecule has 0 fully saturated rings. The fourth-order valence-electron chi connectivity index (χ4n) is 1.19. The van der Waals surface area contributed by atoms with Crippen molar-refractivity contribution in [1.82, 2.24) is 10.2 Å². The molecule has 20 heavy (non-hydrogen) atoms. The predicted molar refractivity (Wildman–Crippen MR) is 87.7 cm³/mol. The van der Waals surface area contributed by atoms with Crippen LogP contribution in [0, 0.1) is 5.92 Å². The third-order valence-corrected chi connectivity index (χ3v) is 2.24. The molecule has 0 unspecified atom stereocenters. The molecule has 0 aromatic rings. The minimum Gasteiger partial charge on any atom is -0.354 e. The summed E-state index contributed by atoms with van der Waals surface area (Å²) >= 11 is 0. The Morgan fingerprint density at radius 3 is 1.55 bits per heavy atom. The van der Waals surface area contributed by atoms with E-state index >= 15 is 0 Å². The molecule has 0 aliphatic heterocycles. The second kappa shape index (κ2) is 14.4. The first-order valence-corrected chi connectivity index (χ1v) is 7.60. The van der Waals surface area contributed by atoms with Crippen LogP contribution in [-0.2, 0) is 9.59 Å². The molecule has 0 rings (SSSR count). The molecular weight excluding hydrogens is 252 g/mol. The van der Waals surface area contributed by atoms with Gasteiger partial charge in [0.05, 0.1) is 0 Å². The van der Waals surface area contributed by atoms with Gasteiger partial charge in [-0.15, -0.1) is 0 Å². The van der Waals surface area contributed by atoms with Gasteiger partial charge >= 0.3 is 0 Å². The van der Waals surface area contributed by atoms with Gasteiger partial charge in [0, 0.05) is 32.5 Å². The van der Waals surface area contributed by atoms with Gasteiger partial charge in [-0.3, -0.25) is 9.59 Å². The topological polar surface area (TPSA) is 49.4 Å². The summed E-state index contributed by atoms with van der Waals surface area (Å²) in [5, 5.41) is 2.67. The molecule has 0 saturated heterocycles. The van der Waals surface area contributed by atoms with E-state index in [1.807, 2.05) is 48.6 Å². The monoisotopic (exact) mass is 288 g/mol. The van der Waals surface area contributed by atoms with Crippen molar-refractivity contribution in [2.24, 2.45) is 5.92 Å². The first kappa shape index (κ1) is 24.0. The number of nitrogens with zero attached hydrogens (tertiary/aromatic N) is 1. The number of hydrogen-bond donors (Lipinski definition) is 1. The quantitative estimate of drug-likeness (QED) is 0.861. The van der Waals surface area contributed by atoms with E-state index < -0.39 is 0 Å². The molecule has 0 saturated carbocycles. The van der Waals surface area contributed by atoms with E-state index in [2.05, 4.69) is 19.2 Å². The molecule has 0 aliphatic carbocycles. The zero-order chi connectivity index (χ0) is 16.9. The van der Waals surface area contributed by atoms with Crippen molar-refractivity contribution < 1.29 is 9.59 Å². The van der Waals surface area contributed by atoms with Crippen molar-refractivity contribution in [3.05, 3.63) is 0 Å². The number of nitrogens with one attached hydrogen (secondary N) is 1. The van der Waals surface area contributed by atoms with E-state index in [1.54, 1.807) is 4.90 Å². The van der Waals surface area contributed by atoms with E-state index in [0.29, 0.717) is 18.4 Å². The van der Waals surface area contributed by atoms with E-state index in [4.69, 9.17) is 0 Å². The van der Waals surface area contributed by atoms with Crippen LogP contribution in [0.4, 0.5) is 0 Å². The number of carbonyl (C=O) groups excluding carboxylic acids is 2. The van der Waals surface area contributed by atoms with Crippen LogP contribution in [-0.4, -0.2) is 35.8 Å². The summed E-state index contributed by atoms with van der Waals surface area (Å²) in [5.41, 5.74) is 0. The maximum atomic E-state index is 11.3. The van der Waals surface area contributed by atoms with Gasteiger partial charge in [-0.2, -0.15) is 0 Å². The minimum absolute atomic E-state index is 0.0370. The van der Waals surface area contributed by atoms with Gasteiger partial charge in [0.1, 0.15) is 0 Å². The fraction of sp³-hybridized carbons (Fsp3) is 0.875. The van der Waals surface area contributed by atoms with Gasteiger partial charge in [0.25, 0.3) is 0 Å². The second-order valence-corrected chi connectivity index (χ2v) is 5.55. The van der Waals surface area contributed by atoms with Crippen molar-refractivity contribution in [2.45, 2.75) is 80.8 Å². The largest absolute Gasteiger partial charge is 0.354 e. The number of amides is 2. The Balaban J connectivity index is -0.000000277. The number of rotatable bonds is 4. The maximum Gasteiger partial charge on any atom is 0.222 e.